The molecular formula is C20H23ClN2O3S. The molecule has 0 spiro atoms. The highest BCUT2D eigenvalue weighted by Gasteiger charge is 2.25. The quantitative estimate of drug-likeness (QED) is 0.748. The Balaban J connectivity index is 1.78. The summed E-state index contributed by atoms with van der Waals surface area (Å²) < 4.78 is 26.7. The standard InChI is InChI=1S/C20H23ClN2O3S/c1-22(17-5-3-4-6-17)20(24)15-7-11-18(12-8-15)23(2)27(25,26)19-13-9-16(21)10-14-19/h7-14,17H,3-6H2,1-2H3. The number of carbonyl (C=O) groups is 1. The monoisotopic (exact) mass is 406 g/mol. The van der Waals surface area contributed by atoms with Gasteiger partial charge < -0.3 is 4.90 Å². The fourth-order valence-electron chi connectivity index (χ4n) is 3.38. The number of hydrogen-bond acceptors (Lipinski definition) is 3. The third kappa shape index (κ3) is 4.12. The summed E-state index contributed by atoms with van der Waals surface area (Å²) in [6.45, 7) is 0. The molecule has 0 aromatic heterocycles. The molecule has 5 nitrogen and oxygen atoms in total. The fraction of sp³-hybridized carbons (Fsp3) is 0.350. The van der Waals surface area contributed by atoms with Crippen LogP contribution < -0.4 is 4.31 Å². The molecule has 1 aliphatic rings. The van der Waals surface area contributed by atoms with E-state index in [1.807, 2.05) is 7.05 Å². The van der Waals surface area contributed by atoms with Crippen LogP contribution in [0.4, 0.5) is 5.69 Å². The number of rotatable bonds is 5. The molecule has 27 heavy (non-hydrogen) atoms. The van der Waals surface area contributed by atoms with Gasteiger partial charge in [0, 0.05) is 30.7 Å². The van der Waals surface area contributed by atoms with Crippen molar-refractivity contribution in [1.82, 2.24) is 4.90 Å². The Kier molecular flexibility index (Phi) is 5.77. The van der Waals surface area contributed by atoms with Gasteiger partial charge in [-0.3, -0.25) is 9.10 Å². The van der Waals surface area contributed by atoms with Crippen molar-refractivity contribution >= 4 is 33.2 Å². The van der Waals surface area contributed by atoms with Crippen LogP contribution in [0.15, 0.2) is 53.4 Å². The van der Waals surface area contributed by atoms with Crippen LogP contribution in [0.1, 0.15) is 36.0 Å². The van der Waals surface area contributed by atoms with Crippen LogP contribution >= 0.6 is 11.6 Å². The summed E-state index contributed by atoms with van der Waals surface area (Å²) in [5.41, 5.74) is 1.05. The first-order valence-corrected chi connectivity index (χ1v) is 10.7. The molecule has 7 heteroatoms. The predicted octanol–water partition coefficient (Wildman–Crippen LogP) is 4.18. The fourth-order valence-corrected chi connectivity index (χ4v) is 4.70. The second kappa shape index (κ2) is 7.90. The number of hydrogen-bond donors (Lipinski definition) is 0. The highest BCUT2D eigenvalue weighted by Crippen LogP contribution is 2.26. The maximum absolute atomic E-state index is 12.8. The highest BCUT2D eigenvalue weighted by molar-refractivity contribution is 7.92. The predicted molar refractivity (Wildman–Crippen MR) is 108 cm³/mol. The van der Waals surface area contributed by atoms with Crippen molar-refractivity contribution in [2.24, 2.45) is 0 Å². The van der Waals surface area contributed by atoms with Crippen molar-refractivity contribution in [2.75, 3.05) is 18.4 Å². The van der Waals surface area contributed by atoms with Gasteiger partial charge >= 0.3 is 0 Å². The molecule has 1 aliphatic carbocycles. The minimum absolute atomic E-state index is 0.0309. The second-order valence-corrected chi connectivity index (χ2v) is 9.23. The molecular weight excluding hydrogens is 384 g/mol. The van der Waals surface area contributed by atoms with Crippen LogP contribution in [0, 0.1) is 0 Å². The summed E-state index contributed by atoms with van der Waals surface area (Å²) >= 11 is 5.83. The molecule has 0 heterocycles. The Hall–Kier alpha value is -2.05. The van der Waals surface area contributed by atoms with E-state index in [1.54, 1.807) is 41.3 Å². The van der Waals surface area contributed by atoms with E-state index in [4.69, 9.17) is 11.6 Å². The summed E-state index contributed by atoms with van der Waals surface area (Å²) in [7, 11) is -0.364. The number of carbonyl (C=O) groups excluding carboxylic acids is 1. The number of nitrogens with zero attached hydrogens (tertiary/aromatic N) is 2. The topological polar surface area (TPSA) is 57.7 Å². The van der Waals surface area contributed by atoms with Crippen LogP contribution in [-0.4, -0.2) is 39.4 Å². The molecule has 1 fully saturated rings. The van der Waals surface area contributed by atoms with Gasteiger partial charge in [-0.15, -0.1) is 0 Å². The average molecular weight is 407 g/mol. The SMILES string of the molecule is CN(C(=O)c1ccc(N(C)S(=O)(=O)c2ccc(Cl)cc2)cc1)C1CCCC1. The van der Waals surface area contributed by atoms with Crippen LogP contribution in [-0.2, 0) is 10.0 Å². The minimum atomic E-state index is -3.69. The van der Waals surface area contributed by atoms with Gasteiger partial charge in [-0.05, 0) is 61.4 Å². The van der Waals surface area contributed by atoms with E-state index in [9.17, 15) is 13.2 Å². The molecule has 1 amide bonds. The Morgan fingerprint density at radius 2 is 1.52 bits per heavy atom. The number of anilines is 1. The zero-order chi connectivity index (χ0) is 19.6. The lowest BCUT2D eigenvalue weighted by molar-refractivity contribution is 0.0735. The normalized spacial score (nSPS) is 14.9. The zero-order valence-electron chi connectivity index (χ0n) is 15.4. The first kappa shape index (κ1) is 19.7. The number of amides is 1. The molecule has 0 atom stereocenters. The first-order chi connectivity index (χ1) is 12.8. The molecule has 2 aromatic rings. The lowest BCUT2D eigenvalue weighted by Gasteiger charge is -2.25. The van der Waals surface area contributed by atoms with E-state index >= 15 is 0 Å². The van der Waals surface area contributed by atoms with Gasteiger partial charge in [0.2, 0.25) is 0 Å². The van der Waals surface area contributed by atoms with Gasteiger partial charge in [-0.1, -0.05) is 24.4 Å². The number of halogens is 1. The highest BCUT2D eigenvalue weighted by atomic mass is 35.5. The summed E-state index contributed by atoms with van der Waals surface area (Å²) in [5.74, 6) is -0.0309. The van der Waals surface area contributed by atoms with Crippen molar-refractivity contribution in [2.45, 2.75) is 36.6 Å². The summed E-state index contributed by atoms with van der Waals surface area (Å²) in [6.07, 6.45) is 4.41. The van der Waals surface area contributed by atoms with Gasteiger partial charge in [0.1, 0.15) is 0 Å². The van der Waals surface area contributed by atoms with Crippen molar-refractivity contribution in [3.8, 4) is 0 Å². The Bertz CT molecular complexity index is 905. The van der Waals surface area contributed by atoms with Crippen LogP contribution in [0.3, 0.4) is 0 Å². The zero-order valence-corrected chi connectivity index (χ0v) is 17.0. The van der Waals surface area contributed by atoms with Crippen molar-refractivity contribution in [3.63, 3.8) is 0 Å². The molecule has 0 aliphatic heterocycles. The number of benzene rings is 2. The maximum atomic E-state index is 12.8. The summed E-state index contributed by atoms with van der Waals surface area (Å²) in [6, 6.07) is 13.0. The summed E-state index contributed by atoms with van der Waals surface area (Å²) in [4.78, 5) is 14.6. The first-order valence-electron chi connectivity index (χ1n) is 8.92. The minimum Gasteiger partial charge on any atom is -0.339 e. The largest absolute Gasteiger partial charge is 0.339 e. The molecule has 0 radical (unpaired) electrons. The van der Waals surface area contributed by atoms with Crippen molar-refractivity contribution in [1.29, 1.82) is 0 Å². The van der Waals surface area contributed by atoms with Crippen molar-refractivity contribution in [3.05, 3.63) is 59.1 Å². The van der Waals surface area contributed by atoms with Crippen LogP contribution in [0.5, 0.6) is 0 Å². The van der Waals surface area contributed by atoms with Gasteiger partial charge in [0.05, 0.1) is 10.6 Å². The Morgan fingerprint density at radius 1 is 0.963 bits per heavy atom. The Morgan fingerprint density at radius 3 is 2.07 bits per heavy atom. The smallest absolute Gasteiger partial charge is 0.264 e. The lowest BCUT2D eigenvalue weighted by Crippen LogP contribution is -2.35. The van der Waals surface area contributed by atoms with E-state index in [-0.39, 0.29) is 10.8 Å². The molecule has 0 saturated heterocycles. The molecule has 1 saturated carbocycles. The molecule has 2 aromatic carbocycles. The molecule has 0 N–H and O–H groups in total. The number of sulfonamides is 1. The van der Waals surface area contributed by atoms with Crippen LogP contribution in [0.25, 0.3) is 0 Å². The van der Waals surface area contributed by atoms with Gasteiger partial charge in [0.25, 0.3) is 15.9 Å². The van der Waals surface area contributed by atoms with E-state index in [0.29, 0.717) is 22.3 Å². The average Bonchev–Trinajstić information content (AvgIpc) is 3.21. The van der Waals surface area contributed by atoms with Crippen molar-refractivity contribution < 1.29 is 13.2 Å². The molecule has 0 bridgehead atoms. The van der Waals surface area contributed by atoms with Gasteiger partial charge in [-0.2, -0.15) is 0 Å². The van der Waals surface area contributed by atoms with E-state index in [0.717, 1.165) is 25.7 Å². The maximum Gasteiger partial charge on any atom is 0.264 e. The third-order valence-corrected chi connectivity index (χ3v) is 7.19. The van der Waals surface area contributed by atoms with E-state index in [1.165, 1.54) is 23.5 Å². The van der Waals surface area contributed by atoms with Gasteiger partial charge in [-0.25, -0.2) is 8.42 Å². The van der Waals surface area contributed by atoms with Crippen LogP contribution in [0.2, 0.25) is 5.02 Å². The molecule has 144 valence electrons. The van der Waals surface area contributed by atoms with E-state index < -0.39 is 10.0 Å². The lowest BCUT2D eigenvalue weighted by atomic mass is 10.1. The summed E-state index contributed by atoms with van der Waals surface area (Å²) in [5, 5.41) is 0.478. The van der Waals surface area contributed by atoms with Gasteiger partial charge in [0.15, 0.2) is 0 Å². The Labute approximate surface area is 165 Å². The second-order valence-electron chi connectivity index (χ2n) is 6.83. The van der Waals surface area contributed by atoms with E-state index in [2.05, 4.69) is 0 Å². The third-order valence-electron chi connectivity index (χ3n) is 5.14. The molecule has 0 unspecified atom stereocenters. The molecule has 3 rings (SSSR count).